The van der Waals surface area contributed by atoms with Gasteiger partial charge in [0.2, 0.25) is 11.8 Å². The maximum Gasteiger partial charge on any atom is 0.312 e. The van der Waals surface area contributed by atoms with Gasteiger partial charge in [0.05, 0.1) is 19.8 Å². The molecule has 0 aromatic heterocycles. The Kier molecular flexibility index (Phi) is 13.8. The summed E-state index contributed by atoms with van der Waals surface area (Å²) in [7, 11) is 1.27. The number of hydrogen-bond acceptors (Lipinski definition) is 7. The number of urea groups is 1. The highest BCUT2D eigenvalue weighted by molar-refractivity contribution is 5.97. The lowest BCUT2D eigenvalue weighted by Gasteiger charge is -2.24. The number of nitrogens with two attached hydrogens (primary N) is 1. The highest BCUT2D eigenvalue weighted by atomic mass is 16.5. The number of carbonyl (C=O) groups excluding carboxylic acids is 5. The van der Waals surface area contributed by atoms with Crippen LogP contribution in [0.15, 0.2) is 24.3 Å². The number of hydrogen-bond donors (Lipinski definition) is 5. The lowest BCUT2D eigenvalue weighted by molar-refractivity contribution is -0.140. The SMILES string of the molecule is COC(=O)CCCC(=O)N[C@H](C(=O)C[C@@H](CCCNC(N)=O)C(=O)Nc1ccc(CO)cc1)C(C)C. The molecule has 0 saturated carbocycles. The predicted octanol–water partition coefficient (Wildman–Crippen LogP) is 1.63. The van der Waals surface area contributed by atoms with Crippen molar-refractivity contribution in [2.45, 2.75) is 65.0 Å². The molecule has 0 radical (unpaired) electrons. The number of Topliss-reactive ketones (excluding diaryl/α,β-unsaturated/α-hetero) is 1. The largest absolute Gasteiger partial charge is 0.469 e. The first-order valence-electron chi connectivity index (χ1n) is 12.0. The van der Waals surface area contributed by atoms with Crippen molar-refractivity contribution in [1.82, 2.24) is 10.6 Å². The fourth-order valence-electron chi connectivity index (χ4n) is 3.55. The van der Waals surface area contributed by atoms with Crippen molar-refractivity contribution in [1.29, 1.82) is 0 Å². The van der Waals surface area contributed by atoms with Gasteiger partial charge in [0.1, 0.15) is 0 Å². The summed E-state index contributed by atoms with van der Waals surface area (Å²) in [4.78, 5) is 60.7. The van der Waals surface area contributed by atoms with Gasteiger partial charge >= 0.3 is 12.0 Å². The summed E-state index contributed by atoms with van der Waals surface area (Å²) in [5.41, 5.74) is 6.30. The average molecular weight is 507 g/mol. The van der Waals surface area contributed by atoms with Crippen molar-refractivity contribution in [3.05, 3.63) is 29.8 Å². The molecule has 0 aliphatic rings. The molecule has 0 spiro atoms. The Morgan fingerprint density at radius 3 is 2.25 bits per heavy atom. The van der Waals surface area contributed by atoms with Gasteiger partial charge in [-0.15, -0.1) is 0 Å². The Morgan fingerprint density at radius 2 is 1.69 bits per heavy atom. The van der Waals surface area contributed by atoms with E-state index in [0.29, 0.717) is 30.5 Å². The van der Waals surface area contributed by atoms with E-state index in [1.807, 2.05) is 0 Å². The van der Waals surface area contributed by atoms with Gasteiger partial charge < -0.3 is 31.5 Å². The molecule has 1 aromatic carbocycles. The summed E-state index contributed by atoms with van der Waals surface area (Å²) in [6.07, 6.45) is 1.09. The highest BCUT2D eigenvalue weighted by Crippen LogP contribution is 2.19. The average Bonchev–Trinajstić information content (AvgIpc) is 2.84. The number of aliphatic hydroxyl groups excluding tert-OH is 1. The molecular formula is C25H38N4O7. The molecule has 2 atom stereocenters. The molecule has 1 rings (SSSR count). The summed E-state index contributed by atoms with van der Waals surface area (Å²) in [6, 6.07) is 5.20. The van der Waals surface area contributed by atoms with Crippen LogP contribution in [0.25, 0.3) is 0 Å². The number of aliphatic hydroxyl groups is 1. The molecule has 4 amide bonds. The minimum absolute atomic E-state index is 0.0676. The lowest BCUT2D eigenvalue weighted by atomic mass is 9.89. The second-order valence-corrected chi connectivity index (χ2v) is 8.86. The number of primary amides is 1. The summed E-state index contributed by atoms with van der Waals surface area (Å²) in [5.74, 6) is -2.35. The standard InChI is InChI=1S/C25H38N4O7/c1-16(2)23(29-21(32)7-4-8-22(33)36-3)20(31)14-18(6-5-13-27-25(26)35)24(34)28-19-11-9-17(15-30)10-12-19/h9-12,16,18,23,30H,4-8,13-15H2,1-3H3,(H,28,34)(H,29,32)(H3,26,27,35)/t18-,23+/m1/s1. The van der Waals surface area contributed by atoms with Crippen LogP contribution in [-0.2, 0) is 30.5 Å². The number of carbonyl (C=O) groups is 5. The first-order valence-corrected chi connectivity index (χ1v) is 12.0. The first kappa shape index (κ1) is 30.6. The third-order valence-corrected chi connectivity index (χ3v) is 5.59. The maximum absolute atomic E-state index is 13.2. The first-order chi connectivity index (χ1) is 17.1. The van der Waals surface area contributed by atoms with E-state index in [4.69, 9.17) is 5.73 Å². The number of benzene rings is 1. The summed E-state index contributed by atoms with van der Waals surface area (Å²) >= 11 is 0. The molecule has 36 heavy (non-hydrogen) atoms. The van der Waals surface area contributed by atoms with E-state index in [2.05, 4.69) is 20.7 Å². The summed E-state index contributed by atoms with van der Waals surface area (Å²) in [6.45, 7) is 3.73. The fraction of sp³-hybridized carbons (Fsp3) is 0.560. The molecule has 0 aliphatic heterocycles. The minimum atomic E-state index is -0.793. The second-order valence-electron chi connectivity index (χ2n) is 8.86. The fourth-order valence-corrected chi connectivity index (χ4v) is 3.55. The molecule has 0 fully saturated rings. The Labute approximate surface area is 211 Å². The zero-order chi connectivity index (χ0) is 27.1. The lowest BCUT2D eigenvalue weighted by Crippen LogP contribution is -2.45. The van der Waals surface area contributed by atoms with Crippen LogP contribution in [0.4, 0.5) is 10.5 Å². The van der Waals surface area contributed by atoms with E-state index < -0.39 is 24.0 Å². The number of esters is 1. The number of amides is 4. The van der Waals surface area contributed by atoms with E-state index in [9.17, 15) is 29.1 Å². The Hall–Kier alpha value is -3.47. The number of methoxy groups -OCH3 is 1. The number of rotatable bonds is 16. The number of ether oxygens (including phenoxy) is 1. The van der Waals surface area contributed by atoms with Gasteiger partial charge in [-0.3, -0.25) is 19.2 Å². The number of ketones is 1. The van der Waals surface area contributed by atoms with E-state index in [0.717, 1.165) is 0 Å². The molecule has 0 unspecified atom stereocenters. The van der Waals surface area contributed by atoms with Crippen LogP contribution in [0.2, 0.25) is 0 Å². The van der Waals surface area contributed by atoms with Crippen molar-refractivity contribution >= 4 is 35.3 Å². The smallest absolute Gasteiger partial charge is 0.312 e. The van der Waals surface area contributed by atoms with E-state index in [-0.39, 0.29) is 55.9 Å². The molecular weight excluding hydrogens is 468 g/mol. The van der Waals surface area contributed by atoms with Gasteiger partial charge in [-0.2, -0.15) is 0 Å². The molecule has 0 heterocycles. The summed E-state index contributed by atoms with van der Waals surface area (Å²) in [5, 5.41) is 17.2. The van der Waals surface area contributed by atoms with E-state index in [1.165, 1.54) is 7.11 Å². The molecule has 1 aromatic rings. The predicted molar refractivity (Wildman–Crippen MR) is 134 cm³/mol. The van der Waals surface area contributed by atoms with Crippen LogP contribution in [0.1, 0.15) is 57.9 Å². The van der Waals surface area contributed by atoms with Crippen molar-refractivity contribution in [3.8, 4) is 0 Å². The molecule has 11 nitrogen and oxygen atoms in total. The van der Waals surface area contributed by atoms with Crippen LogP contribution in [0.5, 0.6) is 0 Å². The number of anilines is 1. The highest BCUT2D eigenvalue weighted by Gasteiger charge is 2.29. The summed E-state index contributed by atoms with van der Waals surface area (Å²) < 4.78 is 4.56. The third-order valence-electron chi connectivity index (χ3n) is 5.59. The van der Waals surface area contributed by atoms with Crippen molar-refractivity contribution in [3.63, 3.8) is 0 Å². The van der Waals surface area contributed by atoms with Gasteiger partial charge in [-0.1, -0.05) is 26.0 Å². The van der Waals surface area contributed by atoms with Gasteiger partial charge in [0.25, 0.3) is 0 Å². The zero-order valence-corrected chi connectivity index (χ0v) is 21.2. The van der Waals surface area contributed by atoms with Crippen LogP contribution in [0.3, 0.4) is 0 Å². The van der Waals surface area contributed by atoms with Crippen LogP contribution < -0.4 is 21.7 Å². The Bertz CT molecular complexity index is 887. The third kappa shape index (κ3) is 11.8. The minimum Gasteiger partial charge on any atom is -0.469 e. The van der Waals surface area contributed by atoms with Crippen molar-refractivity contribution < 1.29 is 33.8 Å². The van der Waals surface area contributed by atoms with Gasteiger partial charge in [0, 0.05) is 37.4 Å². The van der Waals surface area contributed by atoms with Crippen LogP contribution in [0, 0.1) is 11.8 Å². The van der Waals surface area contributed by atoms with E-state index in [1.54, 1.807) is 38.1 Å². The van der Waals surface area contributed by atoms with E-state index >= 15 is 0 Å². The Balaban J connectivity index is 2.85. The maximum atomic E-state index is 13.2. The number of nitrogens with one attached hydrogen (secondary N) is 3. The molecule has 11 heteroatoms. The molecule has 0 bridgehead atoms. The van der Waals surface area contributed by atoms with Crippen molar-refractivity contribution in [2.24, 2.45) is 17.6 Å². The molecule has 0 saturated heterocycles. The monoisotopic (exact) mass is 506 g/mol. The normalized spacial score (nSPS) is 12.4. The zero-order valence-electron chi connectivity index (χ0n) is 21.2. The quantitative estimate of drug-likeness (QED) is 0.167. The topological polar surface area (TPSA) is 177 Å². The van der Waals surface area contributed by atoms with Crippen LogP contribution in [-0.4, -0.2) is 54.4 Å². The van der Waals surface area contributed by atoms with Crippen molar-refractivity contribution in [2.75, 3.05) is 19.0 Å². The second kappa shape index (κ2) is 16.2. The van der Waals surface area contributed by atoms with Gasteiger partial charge in [-0.05, 0) is 42.9 Å². The molecule has 6 N–H and O–H groups in total. The van der Waals surface area contributed by atoms with Crippen LogP contribution >= 0.6 is 0 Å². The molecule has 200 valence electrons. The van der Waals surface area contributed by atoms with Gasteiger partial charge in [-0.25, -0.2) is 4.79 Å². The Morgan fingerprint density at radius 1 is 1.03 bits per heavy atom. The van der Waals surface area contributed by atoms with Gasteiger partial charge in [0.15, 0.2) is 5.78 Å². The molecule has 0 aliphatic carbocycles.